The van der Waals surface area contributed by atoms with E-state index in [1.54, 1.807) is 11.3 Å². The Morgan fingerprint density at radius 2 is 1.86 bits per heavy atom. The molecule has 0 bridgehead atoms. The van der Waals surface area contributed by atoms with Crippen LogP contribution in [0.4, 0.5) is 5.69 Å². The summed E-state index contributed by atoms with van der Waals surface area (Å²) in [6, 6.07) is 6.65. The fourth-order valence-corrected chi connectivity index (χ4v) is 4.47. The standard InChI is InChI=1S/C13H14Cl2N2O2S2/c1-2-8-3-4-9(20-8)7-17-21(18,19)11-6-5-10(14)13(16)12(11)15/h3-6,17H,2,7,16H2,1H3. The van der Waals surface area contributed by atoms with Crippen molar-refractivity contribution in [2.24, 2.45) is 0 Å². The van der Waals surface area contributed by atoms with Crippen LogP contribution in [0.2, 0.25) is 10.0 Å². The Morgan fingerprint density at radius 3 is 2.48 bits per heavy atom. The number of hydrogen-bond acceptors (Lipinski definition) is 4. The molecule has 8 heteroatoms. The van der Waals surface area contributed by atoms with Crippen molar-refractivity contribution in [2.75, 3.05) is 5.73 Å². The van der Waals surface area contributed by atoms with Crippen molar-refractivity contribution in [3.63, 3.8) is 0 Å². The maximum atomic E-state index is 12.3. The number of aryl methyl sites for hydroxylation is 1. The van der Waals surface area contributed by atoms with Gasteiger partial charge in [-0.3, -0.25) is 0 Å². The molecular formula is C13H14Cl2N2O2S2. The highest BCUT2D eigenvalue weighted by molar-refractivity contribution is 7.89. The molecule has 0 amide bonds. The zero-order chi connectivity index (χ0) is 15.6. The predicted molar refractivity (Wildman–Crippen MR) is 88.6 cm³/mol. The normalized spacial score (nSPS) is 11.8. The van der Waals surface area contributed by atoms with Crippen LogP contribution >= 0.6 is 34.5 Å². The molecule has 0 aliphatic heterocycles. The Morgan fingerprint density at radius 1 is 1.19 bits per heavy atom. The number of rotatable bonds is 5. The molecular weight excluding hydrogens is 351 g/mol. The first-order chi connectivity index (χ1) is 9.85. The summed E-state index contributed by atoms with van der Waals surface area (Å²) in [5.74, 6) is 0. The van der Waals surface area contributed by atoms with Gasteiger partial charge in [0.2, 0.25) is 10.0 Å². The molecule has 0 saturated heterocycles. The van der Waals surface area contributed by atoms with Crippen molar-refractivity contribution < 1.29 is 8.42 Å². The second-order valence-electron chi connectivity index (χ2n) is 4.32. The number of nitrogen functional groups attached to an aromatic ring is 1. The molecule has 114 valence electrons. The van der Waals surface area contributed by atoms with Crippen LogP contribution in [-0.2, 0) is 23.0 Å². The SMILES string of the molecule is CCc1ccc(CNS(=O)(=O)c2ccc(Cl)c(N)c2Cl)s1. The van der Waals surface area contributed by atoms with E-state index in [1.165, 1.54) is 17.0 Å². The van der Waals surface area contributed by atoms with E-state index in [4.69, 9.17) is 28.9 Å². The largest absolute Gasteiger partial charge is 0.396 e. The third kappa shape index (κ3) is 3.70. The zero-order valence-corrected chi connectivity index (χ0v) is 14.3. The van der Waals surface area contributed by atoms with Crippen molar-refractivity contribution in [2.45, 2.75) is 24.8 Å². The maximum Gasteiger partial charge on any atom is 0.242 e. The van der Waals surface area contributed by atoms with E-state index in [9.17, 15) is 8.42 Å². The molecule has 3 N–H and O–H groups in total. The van der Waals surface area contributed by atoms with E-state index in [1.807, 2.05) is 12.1 Å². The van der Waals surface area contributed by atoms with E-state index < -0.39 is 10.0 Å². The van der Waals surface area contributed by atoms with Crippen LogP contribution in [0.25, 0.3) is 0 Å². The molecule has 2 aromatic rings. The number of anilines is 1. The lowest BCUT2D eigenvalue weighted by Gasteiger charge is -2.10. The van der Waals surface area contributed by atoms with Crippen molar-refractivity contribution in [3.05, 3.63) is 44.1 Å². The average molecular weight is 365 g/mol. The summed E-state index contributed by atoms with van der Waals surface area (Å²) in [5.41, 5.74) is 5.71. The first kappa shape index (κ1) is 16.6. The first-order valence-electron chi connectivity index (χ1n) is 6.16. The summed E-state index contributed by atoms with van der Waals surface area (Å²) < 4.78 is 27.1. The Labute approximate surface area is 137 Å². The summed E-state index contributed by atoms with van der Waals surface area (Å²) in [6.45, 7) is 2.27. The predicted octanol–water partition coefficient (Wildman–Crippen LogP) is 3.68. The highest BCUT2D eigenvalue weighted by Gasteiger charge is 2.20. The van der Waals surface area contributed by atoms with Gasteiger partial charge in [0.25, 0.3) is 0 Å². The summed E-state index contributed by atoms with van der Waals surface area (Å²) in [6.07, 6.45) is 0.928. The highest BCUT2D eigenvalue weighted by atomic mass is 35.5. The zero-order valence-electron chi connectivity index (χ0n) is 11.2. The summed E-state index contributed by atoms with van der Waals surface area (Å²) >= 11 is 13.3. The number of sulfonamides is 1. The lowest BCUT2D eigenvalue weighted by Crippen LogP contribution is -2.23. The van der Waals surface area contributed by atoms with Gasteiger partial charge in [0, 0.05) is 16.3 Å². The second-order valence-corrected chi connectivity index (χ2v) is 8.09. The molecule has 0 saturated carbocycles. The summed E-state index contributed by atoms with van der Waals surface area (Å²) in [7, 11) is -3.74. The highest BCUT2D eigenvalue weighted by Crippen LogP contribution is 2.33. The fourth-order valence-electron chi connectivity index (χ4n) is 1.71. The van der Waals surface area contributed by atoms with Crippen LogP contribution < -0.4 is 10.5 Å². The Hall–Kier alpha value is -0.790. The molecule has 0 radical (unpaired) electrons. The summed E-state index contributed by atoms with van der Waals surface area (Å²) in [5, 5.41) is 0.167. The van der Waals surface area contributed by atoms with Gasteiger partial charge in [0.15, 0.2) is 0 Å². The first-order valence-corrected chi connectivity index (χ1v) is 9.21. The van der Waals surface area contributed by atoms with Crippen molar-refractivity contribution >= 4 is 50.2 Å². The molecule has 1 aromatic carbocycles. The van der Waals surface area contributed by atoms with Gasteiger partial charge >= 0.3 is 0 Å². The Bertz CT molecular complexity index is 758. The average Bonchev–Trinajstić information content (AvgIpc) is 2.90. The quantitative estimate of drug-likeness (QED) is 0.794. The second kappa shape index (κ2) is 6.54. The minimum atomic E-state index is -3.74. The molecule has 1 heterocycles. The number of hydrogen-bond donors (Lipinski definition) is 2. The van der Waals surface area contributed by atoms with Crippen molar-refractivity contribution in [1.29, 1.82) is 0 Å². The van der Waals surface area contributed by atoms with Crippen molar-refractivity contribution in [3.8, 4) is 0 Å². The molecule has 0 spiro atoms. The number of nitrogens with one attached hydrogen (secondary N) is 1. The lowest BCUT2D eigenvalue weighted by molar-refractivity contribution is 0.582. The number of halogens is 2. The van der Waals surface area contributed by atoms with E-state index in [0.717, 1.165) is 11.3 Å². The molecule has 4 nitrogen and oxygen atoms in total. The van der Waals surface area contributed by atoms with Gasteiger partial charge in [-0.25, -0.2) is 13.1 Å². The third-order valence-corrected chi connectivity index (χ3v) is 6.40. The smallest absolute Gasteiger partial charge is 0.242 e. The lowest BCUT2D eigenvalue weighted by atomic mass is 10.3. The molecule has 21 heavy (non-hydrogen) atoms. The number of thiophene rings is 1. The van der Waals surface area contributed by atoms with Gasteiger partial charge in [0.1, 0.15) is 4.90 Å². The number of nitrogens with two attached hydrogens (primary N) is 1. The van der Waals surface area contributed by atoms with Gasteiger partial charge in [0.05, 0.1) is 15.7 Å². The van der Waals surface area contributed by atoms with Gasteiger partial charge in [-0.2, -0.15) is 0 Å². The van der Waals surface area contributed by atoms with Gasteiger partial charge < -0.3 is 5.73 Å². The van der Waals surface area contributed by atoms with E-state index in [2.05, 4.69) is 11.6 Å². The monoisotopic (exact) mass is 364 g/mol. The Balaban J connectivity index is 2.21. The molecule has 0 fully saturated rings. The van der Waals surface area contributed by atoms with Crippen LogP contribution in [0.5, 0.6) is 0 Å². The van der Waals surface area contributed by atoms with Crippen LogP contribution in [-0.4, -0.2) is 8.42 Å². The van der Waals surface area contributed by atoms with Gasteiger partial charge in [-0.15, -0.1) is 11.3 Å². The van der Waals surface area contributed by atoms with Crippen molar-refractivity contribution in [1.82, 2.24) is 4.72 Å². The van der Waals surface area contributed by atoms with Crippen LogP contribution in [0.1, 0.15) is 16.7 Å². The maximum absolute atomic E-state index is 12.3. The summed E-state index contributed by atoms with van der Waals surface area (Å²) in [4.78, 5) is 2.07. The van der Waals surface area contributed by atoms with Crippen LogP contribution in [0.3, 0.4) is 0 Å². The number of benzene rings is 1. The molecule has 0 unspecified atom stereocenters. The Kier molecular flexibility index (Phi) is 5.16. The van der Waals surface area contributed by atoms with Crippen LogP contribution in [0.15, 0.2) is 29.2 Å². The van der Waals surface area contributed by atoms with Gasteiger partial charge in [-0.1, -0.05) is 30.1 Å². The van der Waals surface area contributed by atoms with E-state index in [-0.39, 0.29) is 27.2 Å². The molecule has 0 aliphatic carbocycles. The molecule has 0 aliphatic rings. The van der Waals surface area contributed by atoms with E-state index in [0.29, 0.717) is 0 Å². The molecule has 1 aromatic heterocycles. The van der Waals surface area contributed by atoms with E-state index >= 15 is 0 Å². The topological polar surface area (TPSA) is 72.2 Å². The minimum absolute atomic E-state index is 0.0598. The molecule has 0 atom stereocenters. The molecule has 2 rings (SSSR count). The van der Waals surface area contributed by atoms with Gasteiger partial charge in [-0.05, 0) is 30.7 Å². The third-order valence-electron chi connectivity index (χ3n) is 2.88. The minimum Gasteiger partial charge on any atom is -0.396 e. The fraction of sp³-hybridized carbons (Fsp3) is 0.231. The van der Waals surface area contributed by atoms with Crippen LogP contribution in [0, 0.1) is 0 Å².